The van der Waals surface area contributed by atoms with Gasteiger partial charge >= 0.3 is 5.97 Å². The summed E-state index contributed by atoms with van der Waals surface area (Å²) in [7, 11) is -3.47. The van der Waals surface area contributed by atoms with Crippen molar-refractivity contribution in [3.8, 4) is 0 Å². The number of carbonyl (C=O) groups is 2. The van der Waals surface area contributed by atoms with E-state index in [1.807, 2.05) is 6.92 Å². The Hall–Kier alpha value is -1.45. The Morgan fingerprint density at radius 1 is 1.32 bits per heavy atom. The number of hydrogen-bond acceptors (Lipinski definition) is 6. The number of sulfonamides is 1. The highest BCUT2D eigenvalue weighted by Crippen LogP contribution is 2.33. The van der Waals surface area contributed by atoms with Gasteiger partial charge in [-0.25, -0.2) is 13.2 Å². The van der Waals surface area contributed by atoms with Gasteiger partial charge in [0.15, 0.2) is 0 Å². The van der Waals surface area contributed by atoms with Crippen LogP contribution in [-0.4, -0.2) is 50.0 Å². The quantitative estimate of drug-likeness (QED) is 0.781. The molecule has 2 heterocycles. The van der Waals surface area contributed by atoms with Crippen molar-refractivity contribution in [1.29, 1.82) is 0 Å². The number of carbonyl (C=O) groups excluding carboxylic acids is 2. The number of amides is 1. The Labute approximate surface area is 152 Å². The van der Waals surface area contributed by atoms with E-state index in [-0.39, 0.29) is 6.61 Å². The van der Waals surface area contributed by atoms with Crippen LogP contribution in [0.3, 0.4) is 0 Å². The minimum Gasteiger partial charge on any atom is -0.462 e. The lowest BCUT2D eigenvalue weighted by Crippen LogP contribution is -2.49. The van der Waals surface area contributed by atoms with E-state index in [2.05, 4.69) is 5.32 Å². The number of aryl methyl sites for hydroxylation is 1. The Kier molecular flexibility index (Phi) is 6.23. The van der Waals surface area contributed by atoms with Crippen molar-refractivity contribution in [2.45, 2.75) is 46.1 Å². The van der Waals surface area contributed by atoms with Crippen LogP contribution in [0.2, 0.25) is 0 Å². The van der Waals surface area contributed by atoms with Crippen molar-refractivity contribution in [2.75, 3.05) is 24.7 Å². The van der Waals surface area contributed by atoms with Gasteiger partial charge in [0.1, 0.15) is 11.0 Å². The van der Waals surface area contributed by atoms with Gasteiger partial charge in [0.05, 0.1) is 18.4 Å². The van der Waals surface area contributed by atoms with Crippen molar-refractivity contribution in [3.05, 3.63) is 16.0 Å². The number of piperidine rings is 1. The predicted octanol–water partition coefficient (Wildman–Crippen LogP) is 2.29. The van der Waals surface area contributed by atoms with E-state index in [9.17, 15) is 18.0 Å². The Bertz CT molecular complexity index is 770. The average molecular weight is 389 g/mol. The van der Waals surface area contributed by atoms with Crippen molar-refractivity contribution in [1.82, 2.24) is 4.31 Å². The van der Waals surface area contributed by atoms with E-state index in [1.54, 1.807) is 13.8 Å². The first-order valence-corrected chi connectivity index (χ1v) is 10.9. The highest BCUT2D eigenvalue weighted by Gasteiger charge is 2.35. The molecule has 0 aliphatic carbocycles. The van der Waals surface area contributed by atoms with Crippen LogP contribution in [0.5, 0.6) is 0 Å². The zero-order valence-electron chi connectivity index (χ0n) is 14.9. The van der Waals surface area contributed by atoms with Gasteiger partial charge in [0, 0.05) is 11.4 Å². The molecule has 1 aromatic heterocycles. The van der Waals surface area contributed by atoms with Gasteiger partial charge in [-0.1, -0.05) is 6.42 Å². The number of rotatable bonds is 5. The lowest BCUT2D eigenvalue weighted by Gasteiger charge is -2.32. The van der Waals surface area contributed by atoms with Gasteiger partial charge in [-0.15, -0.1) is 11.3 Å². The van der Waals surface area contributed by atoms with Crippen molar-refractivity contribution in [3.63, 3.8) is 0 Å². The lowest BCUT2D eigenvalue weighted by atomic mass is 10.0. The van der Waals surface area contributed by atoms with Gasteiger partial charge in [0.25, 0.3) is 0 Å². The average Bonchev–Trinajstić information content (AvgIpc) is 2.81. The number of esters is 1. The Morgan fingerprint density at radius 3 is 2.60 bits per heavy atom. The molecule has 1 amide bonds. The summed E-state index contributed by atoms with van der Waals surface area (Å²) in [4.78, 5) is 25.8. The first kappa shape index (κ1) is 19.9. The maximum Gasteiger partial charge on any atom is 0.341 e. The third-order valence-corrected chi connectivity index (χ3v) is 6.70. The number of nitrogens with zero attached hydrogens (tertiary/aromatic N) is 1. The first-order chi connectivity index (χ1) is 11.7. The monoisotopic (exact) mass is 388 g/mol. The van der Waals surface area contributed by atoms with Gasteiger partial charge < -0.3 is 10.1 Å². The summed E-state index contributed by atoms with van der Waals surface area (Å²) < 4.78 is 30.2. The van der Waals surface area contributed by atoms with Crippen molar-refractivity contribution in [2.24, 2.45) is 0 Å². The van der Waals surface area contributed by atoms with Crippen LogP contribution in [0.1, 0.15) is 47.0 Å². The molecule has 9 heteroatoms. The largest absolute Gasteiger partial charge is 0.462 e. The molecule has 1 aromatic rings. The molecular weight excluding hydrogens is 364 g/mol. The molecular formula is C16H24N2O5S2. The molecule has 25 heavy (non-hydrogen) atoms. The second kappa shape index (κ2) is 7.84. The van der Waals surface area contributed by atoms with Crippen LogP contribution >= 0.6 is 11.3 Å². The number of ether oxygens (including phenoxy) is 1. The fraction of sp³-hybridized carbons (Fsp3) is 0.625. The van der Waals surface area contributed by atoms with Crippen LogP contribution in [-0.2, 0) is 19.6 Å². The SMILES string of the molecule is CCOC(=O)c1c(NC(=O)C2CCCCN2S(C)(=O)=O)sc(C)c1C. The summed E-state index contributed by atoms with van der Waals surface area (Å²) in [5.74, 6) is -0.889. The predicted molar refractivity (Wildman–Crippen MR) is 97.6 cm³/mol. The highest BCUT2D eigenvalue weighted by atomic mass is 32.2. The van der Waals surface area contributed by atoms with Crippen LogP contribution in [0.15, 0.2) is 0 Å². The molecule has 0 bridgehead atoms. The molecule has 0 saturated carbocycles. The van der Waals surface area contributed by atoms with Gasteiger partial charge in [-0.2, -0.15) is 4.31 Å². The first-order valence-electron chi connectivity index (χ1n) is 8.21. The van der Waals surface area contributed by atoms with E-state index in [0.717, 1.165) is 29.5 Å². The minimum atomic E-state index is -3.47. The van der Waals surface area contributed by atoms with Crippen LogP contribution in [0.4, 0.5) is 5.00 Å². The number of hydrogen-bond donors (Lipinski definition) is 1. The number of anilines is 1. The highest BCUT2D eigenvalue weighted by molar-refractivity contribution is 7.88. The van der Waals surface area contributed by atoms with E-state index < -0.39 is 27.9 Å². The maximum absolute atomic E-state index is 12.7. The topological polar surface area (TPSA) is 92.8 Å². The van der Waals surface area contributed by atoms with Crippen molar-refractivity contribution >= 4 is 38.2 Å². The number of nitrogens with one attached hydrogen (secondary N) is 1. The molecule has 1 unspecified atom stereocenters. The second-order valence-corrected chi connectivity index (χ2v) is 9.24. The molecule has 1 fully saturated rings. The molecule has 1 saturated heterocycles. The van der Waals surface area contributed by atoms with Crippen LogP contribution in [0.25, 0.3) is 0 Å². The Morgan fingerprint density at radius 2 is 2.00 bits per heavy atom. The standard InChI is InChI=1S/C16H24N2O5S2/c1-5-23-16(20)13-10(2)11(3)24-15(13)17-14(19)12-8-6-7-9-18(12)25(4,21)22/h12H,5-9H2,1-4H3,(H,17,19). The molecule has 0 spiro atoms. The second-order valence-electron chi connectivity index (χ2n) is 6.08. The minimum absolute atomic E-state index is 0.241. The maximum atomic E-state index is 12.7. The molecule has 1 N–H and O–H groups in total. The summed E-state index contributed by atoms with van der Waals surface area (Å²) in [5.41, 5.74) is 1.11. The summed E-state index contributed by atoms with van der Waals surface area (Å²) in [6.45, 7) is 5.96. The van der Waals surface area contributed by atoms with E-state index in [0.29, 0.717) is 23.5 Å². The van der Waals surface area contributed by atoms with E-state index >= 15 is 0 Å². The fourth-order valence-electron chi connectivity index (χ4n) is 2.92. The molecule has 2 rings (SSSR count). The molecule has 1 atom stereocenters. The van der Waals surface area contributed by atoms with E-state index in [4.69, 9.17) is 4.74 Å². The molecule has 140 valence electrons. The van der Waals surface area contributed by atoms with Gasteiger partial charge in [-0.3, -0.25) is 4.79 Å². The normalized spacial score (nSPS) is 18.8. The van der Waals surface area contributed by atoms with Gasteiger partial charge in [0.2, 0.25) is 15.9 Å². The van der Waals surface area contributed by atoms with Crippen LogP contribution < -0.4 is 5.32 Å². The summed E-state index contributed by atoms with van der Waals surface area (Å²) in [5, 5.41) is 3.17. The van der Waals surface area contributed by atoms with Crippen LogP contribution in [0, 0.1) is 13.8 Å². The van der Waals surface area contributed by atoms with Crippen molar-refractivity contribution < 1.29 is 22.7 Å². The summed E-state index contributed by atoms with van der Waals surface area (Å²) >= 11 is 1.30. The Balaban J connectivity index is 2.28. The summed E-state index contributed by atoms with van der Waals surface area (Å²) in [6.07, 6.45) is 3.11. The molecule has 1 aliphatic rings. The molecule has 0 radical (unpaired) electrons. The number of thiophene rings is 1. The zero-order chi connectivity index (χ0) is 18.8. The molecule has 7 nitrogen and oxygen atoms in total. The third-order valence-electron chi connectivity index (χ3n) is 4.28. The summed E-state index contributed by atoms with van der Waals surface area (Å²) in [6, 6.07) is -0.749. The molecule has 1 aliphatic heterocycles. The van der Waals surface area contributed by atoms with Gasteiger partial charge in [-0.05, 0) is 39.2 Å². The molecule has 0 aromatic carbocycles. The van der Waals surface area contributed by atoms with E-state index in [1.165, 1.54) is 15.6 Å². The fourth-order valence-corrected chi connectivity index (χ4v) is 5.10. The third kappa shape index (κ3) is 4.39. The smallest absolute Gasteiger partial charge is 0.341 e. The zero-order valence-corrected chi connectivity index (χ0v) is 16.6. The lowest BCUT2D eigenvalue weighted by molar-refractivity contribution is -0.120.